The molecule has 0 aliphatic carbocycles. The molecule has 1 amide bonds. The number of unbranched alkanes of at least 4 members (excludes halogenated alkanes) is 13. The number of carboxylic acid groups (broad SMARTS) is 1. The van der Waals surface area contributed by atoms with E-state index in [0.29, 0.717) is 10.7 Å². The summed E-state index contributed by atoms with van der Waals surface area (Å²) in [6, 6.07) is 18.2. The Morgan fingerprint density at radius 3 is 1.77 bits per heavy atom. The van der Waals surface area contributed by atoms with Crippen LogP contribution in [0.2, 0.25) is 0 Å². The second-order valence-electron chi connectivity index (χ2n) is 14.9. The summed E-state index contributed by atoms with van der Waals surface area (Å²) < 4.78 is 5.99. The van der Waals surface area contributed by atoms with Gasteiger partial charge in [-0.05, 0) is 47.2 Å². The van der Waals surface area contributed by atoms with Crippen molar-refractivity contribution in [1.82, 2.24) is 15.3 Å². The quantitative estimate of drug-likeness (QED) is 0.0738. The fraction of sp³-hybridized carbons (Fsp3) is 0.500. The minimum absolute atomic E-state index is 0.0763. The van der Waals surface area contributed by atoms with E-state index in [9.17, 15) is 14.7 Å². The fourth-order valence-corrected chi connectivity index (χ4v) is 7.14. The van der Waals surface area contributed by atoms with Crippen LogP contribution in [0.4, 0.5) is 0 Å². The molecule has 2 aromatic heterocycles. The van der Waals surface area contributed by atoms with Gasteiger partial charge in [0.15, 0.2) is 5.82 Å². The third-order valence-electron chi connectivity index (χ3n) is 9.43. The van der Waals surface area contributed by atoms with Crippen LogP contribution in [0.3, 0.4) is 0 Å². The van der Waals surface area contributed by atoms with Crippen molar-refractivity contribution in [1.29, 1.82) is 0 Å². The number of aromatic nitrogens is 2. The topological polar surface area (TPSA) is 101 Å². The lowest BCUT2D eigenvalue weighted by molar-refractivity contribution is -0.139. The molecular formula is C44H59N3O4S. The number of carbonyl (C=O) groups excluding carboxylic acids is 1. The van der Waals surface area contributed by atoms with E-state index in [1.165, 1.54) is 94.8 Å². The number of thiophene rings is 1. The first-order valence-electron chi connectivity index (χ1n) is 19.4. The first kappa shape index (κ1) is 40.7. The van der Waals surface area contributed by atoms with Crippen LogP contribution in [-0.2, 0) is 16.6 Å². The number of nitrogens with zero attached hydrogens (tertiary/aromatic N) is 2. The first-order chi connectivity index (χ1) is 25.1. The minimum Gasteiger partial charge on any atom is -0.494 e. The summed E-state index contributed by atoms with van der Waals surface area (Å²) in [5, 5.41) is 12.5. The number of carbonyl (C=O) groups is 2. The van der Waals surface area contributed by atoms with E-state index >= 15 is 0 Å². The van der Waals surface area contributed by atoms with Gasteiger partial charge in [0, 0.05) is 34.8 Å². The minimum atomic E-state index is -1.08. The molecule has 4 aromatic rings. The van der Waals surface area contributed by atoms with Gasteiger partial charge in [-0.3, -0.25) is 4.79 Å². The molecule has 0 fully saturated rings. The summed E-state index contributed by atoms with van der Waals surface area (Å²) in [4.78, 5) is 35.6. The van der Waals surface area contributed by atoms with Gasteiger partial charge < -0.3 is 15.2 Å². The predicted octanol–water partition coefficient (Wildman–Crippen LogP) is 11.5. The molecule has 8 heteroatoms. The number of amides is 1. The fourth-order valence-electron chi connectivity index (χ4n) is 6.17. The second kappa shape index (κ2) is 21.5. The molecule has 0 radical (unpaired) electrons. The summed E-state index contributed by atoms with van der Waals surface area (Å²) >= 11 is 1.39. The summed E-state index contributed by atoms with van der Waals surface area (Å²) in [6.45, 7) is 9.27. The number of nitrogens with one attached hydrogen (secondary N) is 1. The van der Waals surface area contributed by atoms with Gasteiger partial charge in [-0.1, -0.05) is 148 Å². The normalized spacial score (nSPS) is 12.1. The number of benzene rings is 2. The lowest BCUT2D eigenvalue weighted by Gasteiger charge is -2.16. The zero-order chi connectivity index (χ0) is 37.2. The third kappa shape index (κ3) is 13.8. The Hall–Kier alpha value is -4.04. The molecule has 0 aliphatic heterocycles. The van der Waals surface area contributed by atoms with Crippen LogP contribution >= 0.6 is 11.3 Å². The van der Waals surface area contributed by atoms with Gasteiger partial charge in [0.2, 0.25) is 0 Å². The van der Waals surface area contributed by atoms with E-state index < -0.39 is 12.0 Å². The third-order valence-corrected chi connectivity index (χ3v) is 10.9. The van der Waals surface area contributed by atoms with Crippen LogP contribution < -0.4 is 10.1 Å². The molecule has 4 rings (SSSR count). The van der Waals surface area contributed by atoms with E-state index in [2.05, 4.69) is 43.0 Å². The zero-order valence-electron chi connectivity index (χ0n) is 31.8. The van der Waals surface area contributed by atoms with Crippen molar-refractivity contribution in [3.8, 4) is 28.3 Å². The highest BCUT2D eigenvalue weighted by molar-refractivity contribution is 7.14. The average Bonchev–Trinajstić information content (AvgIpc) is 3.66. The van der Waals surface area contributed by atoms with Gasteiger partial charge >= 0.3 is 5.97 Å². The number of carboxylic acids is 1. The number of ether oxygens (including phenoxy) is 1. The molecule has 0 aliphatic rings. The van der Waals surface area contributed by atoms with Gasteiger partial charge in [-0.2, -0.15) is 0 Å². The van der Waals surface area contributed by atoms with Gasteiger partial charge in [0.1, 0.15) is 11.8 Å². The highest BCUT2D eigenvalue weighted by Crippen LogP contribution is 2.30. The molecule has 280 valence electrons. The van der Waals surface area contributed by atoms with Gasteiger partial charge in [-0.15, -0.1) is 11.3 Å². The average molecular weight is 726 g/mol. The predicted molar refractivity (Wildman–Crippen MR) is 214 cm³/mol. The zero-order valence-corrected chi connectivity index (χ0v) is 32.6. The monoisotopic (exact) mass is 725 g/mol. The lowest BCUT2D eigenvalue weighted by atomic mass is 9.95. The van der Waals surface area contributed by atoms with E-state index in [0.717, 1.165) is 45.9 Å². The maximum atomic E-state index is 12.8. The van der Waals surface area contributed by atoms with Gasteiger partial charge in [-0.25, -0.2) is 14.8 Å². The van der Waals surface area contributed by atoms with Crippen molar-refractivity contribution in [2.75, 3.05) is 6.61 Å². The Kier molecular flexibility index (Phi) is 16.8. The molecule has 0 bridgehead atoms. The smallest absolute Gasteiger partial charge is 0.326 e. The maximum absolute atomic E-state index is 12.8. The van der Waals surface area contributed by atoms with Crippen LogP contribution in [-0.4, -0.2) is 39.6 Å². The van der Waals surface area contributed by atoms with Crippen molar-refractivity contribution in [3.05, 3.63) is 88.4 Å². The van der Waals surface area contributed by atoms with Crippen molar-refractivity contribution >= 4 is 23.2 Å². The van der Waals surface area contributed by atoms with Crippen molar-refractivity contribution in [2.45, 2.75) is 135 Å². The van der Waals surface area contributed by atoms with Crippen LogP contribution in [0.5, 0.6) is 5.75 Å². The highest BCUT2D eigenvalue weighted by Gasteiger charge is 2.24. The number of hydrogen-bond acceptors (Lipinski definition) is 6. The van der Waals surface area contributed by atoms with Crippen LogP contribution in [0.25, 0.3) is 22.5 Å². The Labute approximate surface area is 315 Å². The number of aliphatic carboxylic acids is 1. The van der Waals surface area contributed by atoms with Crippen molar-refractivity contribution < 1.29 is 19.4 Å². The van der Waals surface area contributed by atoms with E-state index in [1.54, 1.807) is 6.07 Å². The Balaban J connectivity index is 1.15. The van der Waals surface area contributed by atoms with Gasteiger partial charge in [0.25, 0.3) is 5.91 Å². The SMILES string of the molecule is CCCCCCCCCCCCCCCCOc1ccc(-c2cnc(-c3ccc(C[C@H](NC(=O)c4ccc(C(C)(C)C)s4)C(=O)O)cc3)nc2)cc1. The van der Waals surface area contributed by atoms with Crippen LogP contribution in [0.1, 0.15) is 138 Å². The molecule has 1 atom stereocenters. The first-order valence-corrected chi connectivity index (χ1v) is 20.2. The van der Waals surface area contributed by atoms with Crippen LogP contribution in [0.15, 0.2) is 73.1 Å². The summed E-state index contributed by atoms with van der Waals surface area (Å²) in [5.74, 6) is 0.00906. The van der Waals surface area contributed by atoms with E-state index in [1.807, 2.05) is 67.0 Å². The molecule has 7 nitrogen and oxygen atoms in total. The molecule has 2 aromatic carbocycles. The molecule has 0 saturated heterocycles. The molecule has 0 saturated carbocycles. The molecule has 0 unspecified atom stereocenters. The Morgan fingerprint density at radius 1 is 0.712 bits per heavy atom. The standard InChI is InChI=1S/C44H59N3O4S/c1-5-6-7-8-9-10-11-12-13-14-15-16-17-18-29-51-37-25-23-34(24-26-37)36-31-45-41(46-32-36)35-21-19-33(20-22-35)30-38(43(49)50)47-42(48)39-27-28-40(52-39)44(2,3)4/h19-28,31-32,38H,5-18,29-30H2,1-4H3,(H,47,48)(H,49,50)/t38-/m0/s1. The van der Waals surface area contributed by atoms with Crippen molar-refractivity contribution in [2.24, 2.45) is 0 Å². The Morgan fingerprint density at radius 2 is 1.25 bits per heavy atom. The van der Waals surface area contributed by atoms with Gasteiger partial charge in [0.05, 0.1) is 11.5 Å². The summed E-state index contributed by atoms with van der Waals surface area (Å²) in [5.41, 5.74) is 3.48. The van der Waals surface area contributed by atoms with Crippen molar-refractivity contribution in [3.63, 3.8) is 0 Å². The van der Waals surface area contributed by atoms with E-state index in [-0.39, 0.29) is 17.7 Å². The molecular weight excluding hydrogens is 667 g/mol. The highest BCUT2D eigenvalue weighted by atomic mass is 32.1. The van der Waals surface area contributed by atoms with E-state index in [4.69, 9.17) is 4.74 Å². The van der Waals surface area contributed by atoms with Crippen LogP contribution in [0, 0.1) is 0 Å². The molecule has 0 spiro atoms. The second-order valence-corrected chi connectivity index (χ2v) is 16.0. The number of rotatable bonds is 23. The Bertz CT molecular complexity index is 1630. The number of hydrogen-bond donors (Lipinski definition) is 2. The molecule has 52 heavy (non-hydrogen) atoms. The maximum Gasteiger partial charge on any atom is 0.326 e. The molecule has 2 N–H and O–H groups in total. The lowest BCUT2D eigenvalue weighted by Crippen LogP contribution is -2.42. The largest absolute Gasteiger partial charge is 0.494 e. The molecule has 2 heterocycles. The summed E-state index contributed by atoms with van der Waals surface area (Å²) in [6.07, 6.45) is 22.7. The summed E-state index contributed by atoms with van der Waals surface area (Å²) in [7, 11) is 0.